The first kappa shape index (κ1) is 36.4. The molecule has 0 heterocycles. The molecule has 0 atom stereocenters. The summed E-state index contributed by atoms with van der Waals surface area (Å²) in [7, 11) is 3.02. The van der Waals surface area contributed by atoms with Gasteiger partial charge in [-0.25, -0.2) is 9.59 Å². The van der Waals surface area contributed by atoms with Gasteiger partial charge in [-0.2, -0.15) is 0 Å². The van der Waals surface area contributed by atoms with E-state index in [9.17, 15) is 9.59 Å². The quantitative estimate of drug-likeness (QED) is 0.118. The van der Waals surface area contributed by atoms with Crippen molar-refractivity contribution in [1.82, 2.24) is 4.90 Å². The van der Waals surface area contributed by atoms with Crippen LogP contribution in [-0.4, -0.2) is 137 Å². The third kappa shape index (κ3) is 13.8. The Hall–Kier alpha value is -3.10. The maximum atomic E-state index is 12.6. The van der Waals surface area contributed by atoms with Crippen molar-refractivity contribution in [3.05, 3.63) is 59.7 Å². The van der Waals surface area contributed by atoms with Crippen molar-refractivity contribution in [1.29, 1.82) is 0 Å². The van der Waals surface area contributed by atoms with Crippen molar-refractivity contribution in [2.24, 2.45) is 0 Å². The van der Waals surface area contributed by atoms with Crippen molar-refractivity contribution in [3.8, 4) is 11.1 Å². The van der Waals surface area contributed by atoms with Gasteiger partial charge in [-0.05, 0) is 22.3 Å². The second kappa shape index (κ2) is 22.4. The Morgan fingerprint density at radius 1 is 0.600 bits per heavy atom. The minimum Gasteiger partial charge on any atom is -0.467 e. The van der Waals surface area contributed by atoms with Gasteiger partial charge in [0.1, 0.15) is 13.2 Å². The van der Waals surface area contributed by atoms with Gasteiger partial charge in [0.15, 0.2) is 0 Å². The van der Waals surface area contributed by atoms with Gasteiger partial charge < -0.3 is 47.5 Å². The number of carbonyl (C=O) groups excluding carboxylic acids is 2. The van der Waals surface area contributed by atoms with Crippen LogP contribution in [0.5, 0.6) is 0 Å². The van der Waals surface area contributed by atoms with E-state index >= 15 is 0 Å². The first-order valence-electron chi connectivity index (χ1n) is 15.3. The van der Waals surface area contributed by atoms with E-state index < -0.39 is 5.97 Å². The molecule has 1 aliphatic rings. The molecule has 12 nitrogen and oxygen atoms in total. The van der Waals surface area contributed by atoms with Gasteiger partial charge in [0.05, 0.1) is 93.0 Å². The molecule has 0 saturated carbocycles. The molecular formula is C33H47NO11. The molecule has 1 amide bonds. The molecule has 0 unspecified atom stereocenters. The predicted octanol–water partition coefficient (Wildman–Crippen LogP) is 3.16. The summed E-state index contributed by atoms with van der Waals surface area (Å²) in [5, 5.41) is 0. The topological polar surface area (TPSA) is 120 Å². The molecule has 0 aliphatic heterocycles. The van der Waals surface area contributed by atoms with Gasteiger partial charge >= 0.3 is 12.1 Å². The second-order valence-electron chi connectivity index (χ2n) is 10.0. The highest BCUT2D eigenvalue weighted by Gasteiger charge is 2.29. The van der Waals surface area contributed by atoms with Crippen LogP contribution in [-0.2, 0) is 47.4 Å². The molecule has 2 aromatic rings. The molecule has 1 aliphatic carbocycles. The highest BCUT2D eigenvalue weighted by Crippen LogP contribution is 2.44. The molecule has 0 fully saturated rings. The fourth-order valence-electron chi connectivity index (χ4n) is 4.53. The summed E-state index contributed by atoms with van der Waals surface area (Å²) in [4.78, 5) is 25.0. The van der Waals surface area contributed by atoms with Crippen molar-refractivity contribution in [3.63, 3.8) is 0 Å². The number of hydrogen-bond acceptors (Lipinski definition) is 11. The highest BCUT2D eigenvalue weighted by molar-refractivity contribution is 5.79. The van der Waals surface area contributed by atoms with Crippen molar-refractivity contribution in [2.45, 2.75) is 5.92 Å². The summed E-state index contributed by atoms with van der Waals surface area (Å²) in [6, 6.07) is 16.5. The lowest BCUT2D eigenvalue weighted by atomic mass is 9.98. The summed E-state index contributed by atoms with van der Waals surface area (Å²) >= 11 is 0. The molecule has 45 heavy (non-hydrogen) atoms. The molecule has 0 N–H and O–H groups in total. The lowest BCUT2D eigenvalue weighted by Gasteiger charge is -2.19. The fourth-order valence-corrected chi connectivity index (χ4v) is 4.53. The minimum absolute atomic E-state index is 0.0381. The normalized spacial score (nSPS) is 12.1. The van der Waals surface area contributed by atoms with Gasteiger partial charge in [0, 0.05) is 19.5 Å². The Morgan fingerprint density at radius 3 is 1.44 bits per heavy atom. The average Bonchev–Trinajstić information content (AvgIpc) is 3.39. The van der Waals surface area contributed by atoms with Crippen molar-refractivity contribution >= 4 is 12.1 Å². The lowest BCUT2D eigenvalue weighted by Crippen LogP contribution is -2.32. The zero-order chi connectivity index (χ0) is 32.0. The third-order valence-corrected chi connectivity index (χ3v) is 6.90. The number of likely N-dealkylation sites (N-methyl/N-ethyl adjacent to an activating group) is 1. The van der Waals surface area contributed by atoms with Crippen LogP contribution in [0, 0.1) is 0 Å². The minimum atomic E-state index is -0.411. The molecule has 0 aromatic heterocycles. The smallest absolute Gasteiger partial charge is 0.409 e. The summed E-state index contributed by atoms with van der Waals surface area (Å²) in [6.07, 6.45) is -0.368. The van der Waals surface area contributed by atoms with E-state index in [0.29, 0.717) is 99.0 Å². The monoisotopic (exact) mass is 633 g/mol. The van der Waals surface area contributed by atoms with Crippen molar-refractivity contribution in [2.75, 3.05) is 120 Å². The number of esters is 1. The van der Waals surface area contributed by atoms with Crippen LogP contribution >= 0.6 is 0 Å². The molecule has 250 valence electrons. The summed E-state index contributed by atoms with van der Waals surface area (Å²) in [6.45, 7) is 6.29. The maximum absolute atomic E-state index is 12.6. The molecule has 2 aromatic carbocycles. The molecule has 0 spiro atoms. The fraction of sp³-hybridized carbons (Fsp3) is 0.576. The second-order valence-corrected chi connectivity index (χ2v) is 10.0. The first-order chi connectivity index (χ1) is 22.1. The Balaban J connectivity index is 1.06. The van der Waals surface area contributed by atoms with Crippen LogP contribution in [0.1, 0.15) is 17.0 Å². The largest absolute Gasteiger partial charge is 0.467 e. The number of fused-ring (bicyclic) bond motifs is 3. The number of nitrogens with zero attached hydrogens (tertiary/aromatic N) is 1. The van der Waals surface area contributed by atoms with Crippen LogP contribution in [0.15, 0.2) is 48.5 Å². The molecule has 0 saturated heterocycles. The average molecular weight is 634 g/mol. The SMILES string of the molecule is COC(=O)COCCOCCOCCOCCOCCOCCOCCN(C)C(=O)OCC1c2ccccc2-c2ccccc21. The molecule has 0 radical (unpaired) electrons. The lowest BCUT2D eigenvalue weighted by molar-refractivity contribution is -0.146. The zero-order valence-electron chi connectivity index (χ0n) is 26.4. The van der Waals surface area contributed by atoms with Crippen LogP contribution < -0.4 is 0 Å². The van der Waals surface area contributed by atoms with Crippen LogP contribution in [0.2, 0.25) is 0 Å². The maximum Gasteiger partial charge on any atom is 0.409 e. The molecule has 3 rings (SSSR count). The molecular weight excluding hydrogens is 586 g/mol. The van der Waals surface area contributed by atoms with E-state index in [4.69, 9.17) is 37.9 Å². The van der Waals surface area contributed by atoms with E-state index in [1.807, 2.05) is 24.3 Å². The third-order valence-electron chi connectivity index (χ3n) is 6.90. The van der Waals surface area contributed by atoms with E-state index in [0.717, 1.165) is 0 Å². The summed E-state index contributed by atoms with van der Waals surface area (Å²) in [5.74, 6) is -0.373. The van der Waals surface area contributed by atoms with Crippen molar-refractivity contribution < 1.29 is 52.2 Å². The van der Waals surface area contributed by atoms with Gasteiger partial charge in [0.2, 0.25) is 0 Å². The Kier molecular flexibility index (Phi) is 18.1. The van der Waals surface area contributed by atoms with Gasteiger partial charge in [0.25, 0.3) is 0 Å². The predicted molar refractivity (Wildman–Crippen MR) is 165 cm³/mol. The van der Waals surface area contributed by atoms with Gasteiger partial charge in [-0.15, -0.1) is 0 Å². The van der Waals surface area contributed by atoms with E-state index in [1.165, 1.54) is 34.3 Å². The number of amides is 1. The highest BCUT2D eigenvalue weighted by atomic mass is 16.6. The number of ether oxygens (including phenoxy) is 9. The van der Waals surface area contributed by atoms with E-state index in [1.54, 1.807) is 7.05 Å². The summed E-state index contributed by atoms with van der Waals surface area (Å²) < 4.78 is 48.0. The number of benzene rings is 2. The van der Waals surface area contributed by atoms with E-state index in [-0.39, 0.29) is 18.6 Å². The number of methoxy groups -OCH3 is 1. The number of hydrogen-bond donors (Lipinski definition) is 0. The molecule has 0 bridgehead atoms. The summed E-state index contributed by atoms with van der Waals surface area (Å²) in [5.41, 5.74) is 4.79. The zero-order valence-corrected chi connectivity index (χ0v) is 26.4. The Bertz CT molecular complexity index is 1070. The molecule has 12 heteroatoms. The Labute approximate surface area is 265 Å². The standard InChI is InChI=1S/C33H47NO11/c1-34(33(36)45-25-31-29-9-5-3-7-27(29)28-8-4-6-10-30(28)31)11-12-38-13-14-39-15-16-40-17-18-41-19-20-42-21-22-43-23-24-44-26-32(35)37-2/h3-10,31H,11-26H2,1-2H3. The van der Waals surface area contributed by atoms with Gasteiger partial charge in [-0.1, -0.05) is 48.5 Å². The Morgan fingerprint density at radius 2 is 1.00 bits per heavy atom. The first-order valence-corrected chi connectivity index (χ1v) is 15.3. The van der Waals surface area contributed by atoms with E-state index in [2.05, 4.69) is 29.0 Å². The van der Waals surface area contributed by atoms with Crippen LogP contribution in [0.25, 0.3) is 11.1 Å². The van der Waals surface area contributed by atoms with Crippen LogP contribution in [0.3, 0.4) is 0 Å². The number of rotatable bonds is 25. The number of carbonyl (C=O) groups is 2. The van der Waals surface area contributed by atoms with Crippen LogP contribution in [0.4, 0.5) is 4.79 Å². The van der Waals surface area contributed by atoms with Gasteiger partial charge in [-0.3, -0.25) is 0 Å².